The van der Waals surface area contributed by atoms with Crippen LogP contribution in [0.3, 0.4) is 0 Å². The molecule has 0 bridgehead atoms. The molecule has 2 aromatic carbocycles. The number of halogens is 3. The number of likely N-dealkylation sites (N-methyl/N-ethyl adjacent to an activating group) is 1. The molecule has 1 N–H and O–H groups in total. The van der Waals surface area contributed by atoms with Crippen molar-refractivity contribution < 1.29 is 18.0 Å². The minimum atomic E-state index is -4.47. The zero-order chi connectivity index (χ0) is 19.6. The molecule has 0 aliphatic heterocycles. The Hall–Kier alpha value is -2.61. The lowest BCUT2D eigenvalue weighted by atomic mass is 10.1. The summed E-state index contributed by atoms with van der Waals surface area (Å²) in [7, 11) is 1.64. The smallest absolute Gasteiger partial charge is 0.348 e. The molecule has 27 heavy (non-hydrogen) atoms. The first-order chi connectivity index (χ1) is 12.8. The Bertz CT molecular complexity index is 940. The van der Waals surface area contributed by atoms with E-state index in [2.05, 4.69) is 10.3 Å². The van der Waals surface area contributed by atoms with E-state index in [-0.39, 0.29) is 24.0 Å². The van der Waals surface area contributed by atoms with Gasteiger partial charge in [0, 0.05) is 7.05 Å². The third-order valence-corrected chi connectivity index (χ3v) is 5.23. The van der Waals surface area contributed by atoms with E-state index in [0.717, 1.165) is 23.0 Å². The Morgan fingerprint density at radius 3 is 2.56 bits per heavy atom. The molecule has 0 fully saturated rings. The van der Waals surface area contributed by atoms with Gasteiger partial charge in [-0.3, -0.25) is 4.79 Å². The molecule has 4 nitrogen and oxygen atoms in total. The van der Waals surface area contributed by atoms with E-state index >= 15 is 0 Å². The lowest BCUT2D eigenvalue weighted by molar-refractivity contribution is -0.136. The molecule has 0 aliphatic carbocycles. The molecular formula is C19H18F3N3OS. The highest BCUT2D eigenvalue weighted by atomic mass is 32.1. The molecule has 0 radical (unpaired) electrons. The van der Waals surface area contributed by atoms with Crippen LogP contribution in [-0.2, 0) is 11.0 Å². The van der Waals surface area contributed by atoms with Crippen molar-refractivity contribution in [2.45, 2.75) is 19.1 Å². The summed E-state index contributed by atoms with van der Waals surface area (Å²) in [4.78, 5) is 18.0. The van der Waals surface area contributed by atoms with Gasteiger partial charge in [0.15, 0.2) is 5.13 Å². The molecule has 1 unspecified atom stereocenters. The zero-order valence-corrected chi connectivity index (χ0v) is 15.6. The Morgan fingerprint density at radius 2 is 1.89 bits per heavy atom. The molecule has 8 heteroatoms. The average molecular weight is 393 g/mol. The minimum Gasteiger partial charge on any atom is -0.348 e. The molecule has 1 heterocycles. The SMILES string of the molecule is CC(NC(=O)CN(C)c1nc2c(C(F)(F)F)cccc2s1)c1ccccc1. The maximum Gasteiger partial charge on any atom is 0.418 e. The average Bonchev–Trinajstić information content (AvgIpc) is 3.05. The molecule has 3 rings (SSSR count). The number of fused-ring (bicyclic) bond motifs is 1. The van der Waals surface area contributed by atoms with Crippen molar-refractivity contribution in [1.82, 2.24) is 10.3 Å². The number of carbonyl (C=O) groups excluding carboxylic acids is 1. The number of benzene rings is 2. The number of amides is 1. The molecule has 0 saturated carbocycles. The Kier molecular flexibility index (Phi) is 5.36. The maximum atomic E-state index is 13.1. The van der Waals surface area contributed by atoms with Gasteiger partial charge in [-0.2, -0.15) is 13.2 Å². The monoisotopic (exact) mass is 393 g/mol. The van der Waals surface area contributed by atoms with Gasteiger partial charge in [0.1, 0.15) is 0 Å². The van der Waals surface area contributed by atoms with Crippen LogP contribution >= 0.6 is 11.3 Å². The fraction of sp³-hybridized carbons (Fsp3) is 0.263. The van der Waals surface area contributed by atoms with Crippen molar-refractivity contribution in [1.29, 1.82) is 0 Å². The number of para-hydroxylation sites is 1. The molecule has 0 saturated heterocycles. The first-order valence-electron chi connectivity index (χ1n) is 8.28. The van der Waals surface area contributed by atoms with Gasteiger partial charge >= 0.3 is 6.18 Å². The van der Waals surface area contributed by atoms with Crippen LogP contribution in [0.4, 0.5) is 18.3 Å². The second-order valence-electron chi connectivity index (χ2n) is 6.20. The fourth-order valence-corrected chi connectivity index (χ4v) is 3.68. The highest BCUT2D eigenvalue weighted by Crippen LogP contribution is 2.38. The lowest BCUT2D eigenvalue weighted by Crippen LogP contribution is -2.36. The zero-order valence-electron chi connectivity index (χ0n) is 14.7. The highest BCUT2D eigenvalue weighted by Gasteiger charge is 2.34. The number of hydrogen-bond donors (Lipinski definition) is 1. The fourth-order valence-electron chi connectivity index (χ4n) is 2.72. The second kappa shape index (κ2) is 7.56. The first kappa shape index (κ1) is 19.2. The number of carbonyl (C=O) groups is 1. The number of alkyl halides is 3. The summed E-state index contributed by atoms with van der Waals surface area (Å²) in [5.74, 6) is -0.232. The third-order valence-electron chi connectivity index (χ3n) is 4.10. The number of nitrogens with one attached hydrogen (secondary N) is 1. The number of nitrogens with zero attached hydrogens (tertiary/aromatic N) is 2. The van der Waals surface area contributed by atoms with Crippen molar-refractivity contribution >= 4 is 32.6 Å². The molecular weight excluding hydrogens is 375 g/mol. The molecule has 0 aliphatic rings. The normalized spacial score (nSPS) is 12.8. The van der Waals surface area contributed by atoms with Gasteiger partial charge < -0.3 is 10.2 Å². The second-order valence-corrected chi connectivity index (χ2v) is 7.21. The van der Waals surface area contributed by atoms with E-state index < -0.39 is 11.7 Å². The Balaban J connectivity index is 1.72. The number of aromatic nitrogens is 1. The summed E-state index contributed by atoms with van der Waals surface area (Å²) in [5.41, 5.74) is 0.122. The van der Waals surface area contributed by atoms with E-state index in [1.165, 1.54) is 6.07 Å². The lowest BCUT2D eigenvalue weighted by Gasteiger charge is -2.18. The van der Waals surface area contributed by atoms with Crippen LogP contribution in [0, 0.1) is 0 Å². The van der Waals surface area contributed by atoms with E-state index in [0.29, 0.717) is 9.83 Å². The number of anilines is 1. The van der Waals surface area contributed by atoms with E-state index in [1.54, 1.807) is 18.0 Å². The standard InChI is InChI=1S/C19H18F3N3OS/c1-12(13-7-4-3-5-8-13)23-16(26)11-25(2)18-24-17-14(19(20,21)22)9-6-10-15(17)27-18/h3-10,12H,11H2,1-2H3,(H,23,26). The summed E-state index contributed by atoms with van der Waals surface area (Å²) >= 11 is 1.13. The number of thiazole rings is 1. The molecule has 1 atom stereocenters. The molecule has 0 spiro atoms. The molecule has 3 aromatic rings. The van der Waals surface area contributed by atoms with Crippen LogP contribution in [0.2, 0.25) is 0 Å². The van der Waals surface area contributed by atoms with Crippen molar-refractivity contribution in [2.75, 3.05) is 18.5 Å². The van der Waals surface area contributed by atoms with Crippen molar-refractivity contribution in [3.63, 3.8) is 0 Å². The van der Waals surface area contributed by atoms with Gasteiger partial charge in [0.2, 0.25) is 5.91 Å². The van der Waals surface area contributed by atoms with E-state index in [9.17, 15) is 18.0 Å². The topological polar surface area (TPSA) is 45.2 Å². The van der Waals surface area contributed by atoms with Crippen LogP contribution < -0.4 is 10.2 Å². The first-order valence-corrected chi connectivity index (χ1v) is 9.09. The van der Waals surface area contributed by atoms with Crippen LogP contribution in [-0.4, -0.2) is 24.5 Å². The maximum absolute atomic E-state index is 13.1. The van der Waals surface area contributed by atoms with Crippen molar-refractivity contribution in [3.8, 4) is 0 Å². The largest absolute Gasteiger partial charge is 0.418 e. The summed E-state index contributed by atoms with van der Waals surface area (Å²) < 4.78 is 39.8. The summed E-state index contributed by atoms with van der Waals surface area (Å²) in [6.45, 7) is 1.87. The predicted molar refractivity (Wildman–Crippen MR) is 101 cm³/mol. The van der Waals surface area contributed by atoms with E-state index in [1.807, 2.05) is 37.3 Å². The Morgan fingerprint density at radius 1 is 1.19 bits per heavy atom. The van der Waals surface area contributed by atoms with Gasteiger partial charge in [0.05, 0.1) is 28.4 Å². The van der Waals surface area contributed by atoms with Crippen LogP contribution in [0.5, 0.6) is 0 Å². The third kappa shape index (κ3) is 4.39. The van der Waals surface area contributed by atoms with Crippen LogP contribution in [0.15, 0.2) is 48.5 Å². The molecule has 1 amide bonds. The predicted octanol–water partition coefficient (Wildman–Crippen LogP) is 4.63. The summed E-state index contributed by atoms with van der Waals surface area (Å²) in [6, 6.07) is 13.3. The van der Waals surface area contributed by atoms with Gasteiger partial charge in [-0.15, -0.1) is 0 Å². The van der Waals surface area contributed by atoms with E-state index in [4.69, 9.17) is 0 Å². The highest BCUT2D eigenvalue weighted by molar-refractivity contribution is 7.22. The quantitative estimate of drug-likeness (QED) is 0.688. The summed E-state index contributed by atoms with van der Waals surface area (Å²) in [6.07, 6.45) is -4.47. The number of hydrogen-bond acceptors (Lipinski definition) is 4. The number of rotatable bonds is 5. The minimum absolute atomic E-state index is 0.00164. The van der Waals surface area contributed by atoms with Crippen LogP contribution in [0.1, 0.15) is 24.1 Å². The van der Waals surface area contributed by atoms with Gasteiger partial charge in [-0.25, -0.2) is 4.98 Å². The van der Waals surface area contributed by atoms with Crippen molar-refractivity contribution in [3.05, 3.63) is 59.7 Å². The van der Waals surface area contributed by atoms with Gasteiger partial charge in [-0.1, -0.05) is 47.7 Å². The van der Waals surface area contributed by atoms with Gasteiger partial charge in [-0.05, 0) is 24.6 Å². The van der Waals surface area contributed by atoms with Crippen LogP contribution in [0.25, 0.3) is 10.2 Å². The van der Waals surface area contributed by atoms with Crippen molar-refractivity contribution in [2.24, 2.45) is 0 Å². The summed E-state index contributed by atoms with van der Waals surface area (Å²) in [5, 5.41) is 3.25. The van der Waals surface area contributed by atoms with Gasteiger partial charge in [0.25, 0.3) is 0 Å². The molecule has 142 valence electrons. The Labute approximate surface area is 158 Å². The molecule has 1 aromatic heterocycles.